The van der Waals surface area contributed by atoms with Gasteiger partial charge in [0.25, 0.3) is 0 Å². The van der Waals surface area contributed by atoms with Crippen LogP contribution < -0.4 is 4.74 Å². The molecule has 0 aliphatic heterocycles. The molecule has 0 atom stereocenters. The van der Waals surface area contributed by atoms with Gasteiger partial charge in [0.2, 0.25) is 4.77 Å². The number of hydrogen-bond acceptors (Lipinski definition) is 4. The van der Waals surface area contributed by atoms with Gasteiger partial charge in [-0.25, -0.2) is 0 Å². The van der Waals surface area contributed by atoms with Gasteiger partial charge in [-0.2, -0.15) is 14.9 Å². The fraction of sp³-hybridized carbons (Fsp3) is 0.167. The molecule has 3 rings (SSSR count). The third-order valence-corrected chi connectivity index (χ3v) is 3.95. The minimum Gasteiger partial charge on any atom is -0.488 e. The van der Waals surface area contributed by atoms with Crippen LogP contribution in [-0.4, -0.2) is 21.1 Å². The number of H-pyrrole nitrogens is 1. The number of para-hydroxylation sites is 1. The number of benzene rings is 2. The van der Waals surface area contributed by atoms with Crippen molar-refractivity contribution in [3.8, 4) is 5.75 Å². The maximum atomic E-state index is 5.98. The van der Waals surface area contributed by atoms with Crippen LogP contribution in [0.1, 0.15) is 22.5 Å². The third kappa shape index (κ3) is 3.60. The molecule has 1 N–H and O–H groups in total. The molecule has 24 heavy (non-hydrogen) atoms. The van der Waals surface area contributed by atoms with Crippen LogP contribution in [0.25, 0.3) is 0 Å². The molecule has 2 aromatic carbocycles. The molecule has 0 bridgehead atoms. The van der Waals surface area contributed by atoms with Gasteiger partial charge in [-0.05, 0) is 49.3 Å². The minimum absolute atomic E-state index is 0.460. The molecule has 0 unspecified atom stereocenters. The molecule has 0 aliphatic carbocycles. The van der Waals surface area contributed by atoms with Gasteiger partial charge in [-0.1, -0.05) is 36.4 Å². The predicted molar refractivity (Wildman–Crippen MR) is 97.1 cm³/mol. The van der Waals surface area contributed by atoms with Gasteiger partial charge in [-0.15, -0.1) is 0 Å². The van der Waals surface area contributed by atoms with Gasteiger partial charge in [0, 0.05) is 5.56 Å². The highest BCUT2D eigenvalue weighted by Gasteiger charge is 2.04. The summed E-state index contributed by atoms with van der Waals surface area (Å²) in [5.74, 6) is 1.48. The highest BCUT2D eigenvalue weighted by atomic mass is 32.1. The molecular formula is C18H18N4OS. The van der Waals surface area contributed by atoms with Crippen LogP contribution in [0, 0.1) is 18.6 Å². The zero-order valence-corrected chi connectivity index (χ0v) is 14.4. The first-order chi connectivity index (χ1) is 11.6. The summed E-state index contributed by atoms with van der Waals surface area (Å²) in [5.41, 5.74) is 3.26. The fourth-order valence-corrected chi connectivity index (χ4v) is 2.50. The molecular weight excluding hydrogens is 320 g/mol. The van der Waals surface area contributed by atoms with Gasteiger partial charge < -0.3 is 4.74 Å². The van der Waals surface area contributed by atoms with Crippen molar-refractivity contribution in [2.45, 2.75) is 20.5 Å². The number of hydrogen-bond donors (Lipinski definition) is 1. The predicted octanol–water partition coefficient (Wildman–Crippen LogP) is 4.02. The summed E-state index contributed by atoms with van der Waals surface area (Å²) in [4.78, 5) is 0. The molecule has 1 heterocycles. The topological polar surface area (TPSA) is 55.2 Å². The van der Waals surface area contributed by atoms with E-state index in [0.717, 1.165) is 16.9 Å². The minimum atomic E-state index is 0.460. The number of aromatic nitrogens is 3. The lowest BCUT2D eigenvalue weighted by molar-refractivity contribution is 0.305. The van der Waals surface area contributed by atoms with E-state index >= 15 is 0 Å². The van der Waals surface area contributed by atoms with E-state index in [1.165, 1.54) is 5.56 Å². The molecule has 0 spiro atoms. The Bertz CT molecular complexity index is 927. The van der Waals surface area contributed by atoms with Crippen molar-refractivity contribution in [2.75, 3.05) is 0 Å². The molecule has 0 fully saturated rings. The Morgan fingerprint density at radius 2 is 1.92 bits per heavy atom. The van der Waals surface area contributed by atoms with Gasteiger partial charge in [0.15, 0.2) is 0 Å². The zero-order chi connectivity index (χ0) is 16.9. The molecule has 0 saturated heterocycles. The molecule has 0 radical (unpaired) electrons. The van der Waals surface area contributed by atoms with Crippen molar-refractivity contribution in [2.24, 2.45) is 5.10 Å². The summed E-state index contributed by atoms with van der Waals surface area (Å²) < 4.78 is 8.02. The molecule has 0 aliphatic rings. The Labute approximate surface area is 145 Å². The van der Waals surface area contributed by atoms with Crippen LogP contribution in [0.5, 0.6) is 5.75 Å². The van der Waals surface area contributed by atoms with E-state index in [2.05, 4.69) is 34.4 Å². The van der Waals surface area contributed by atoms with Gasteiger partial charge in [0.05, 0.1) is 6.21 Å². The van der Waals surface area contributed by atoms with Crippen LogP contribution in [0.3, 0.4) is 0 Å². The monoisotopic (exact) mass is 338 g/mol. The van der Waals surface area contributed by atoms with Gasteiger partial charge >= 0.3 is 0 Å². The first kappa shape index (κ1) is 16.1. The van der Waals surface area contributed by atoms with Crippen LogP contribution in [0.15, 0.2) is 53.6 Å². The van der Waals surface area contributed by atoms with Crippen LogP contribution >= 0.6 is 12.2 Å². The lowest BCUT2D eigenvalue weighted by atomic mass is 10.1. The summed E-state index contributed by atoms with van der Waals surface area (Å²) in [6.45, 7) is 4.43. The lowest BCUT2D eigenvalue weighted by Gasteiger charge is -2.10. The number of ether oxygens (including phenoxy) is 1. The van der Waals surface area contributed by atoms with Gasteiger partial charge in [-0.3, -0.25) is 5.10 Å². The van der Waals surface area contributed by atoms with Crippen molar-refractivity contribution >= 4 is 18.4 Å². The second kappa shape index (κ2) is 7.23. The largest absolute Gasteiger partial charge is 0.488 e. The second-order valence-corrected chi connectivity index (χ2v) is 5.77. The number of aromatic amines is 1. The Kier molecular flexibility index (Phi) is 4.86. The molecule has 122 valence electrons. The van der Waals surface area contributed by atoms with Crippen LogP contribution in [-0.2, 0) is 6.61 Å². The first-order valence-electron chi connectivity index (χ1n) is 7.60. The lowest BCUT2D eigenvalue weighted by Crippen LogP contribution is -2.01. The van der Waals surface area contributed by atoms with Gasteiger partial charge in [0.1, 0.15) is 18.2 Å². The average molecular weight is 338 g/mol. The number of nitrogens with one attached hydrogen (secondary N) is 1. The van der Waals surface area contributed by atoms with Crippen molar-refractivity contribution in [1.29, 1.82) is 0 Å². The standard InChI is InChI=1S/C18H18N4OS/c1-13-7-3-4-9-16(13)12-23-17-10-6-5-8-15(17)11-19-22-14(2)20-21-18(22)24/h3-11H,12H2,1-2H3,(H,21,24)/b19-11+. The molecule has 6 heteroatoms. The van der Waals surface area contributed by atoms with Crippen molar-refractivity contribution in [3.63, 3.8) is 0 Å². The van der Waals surface area contributed by atoms with E-state index in [4.69, 9.17) is 17.0 Å². The van der Waals surface area contributed by atoms with Crippen molar-refractivity contribution in [1.82, 2.24) is 14.9 Å². The van der Waals surface area contributed by atoms with E-state index in [1.54, 1.807) is 10.9 Å². The van der Waals surface area contributed by atoms with Crippen molar-refractivity contribution in [3.05, 3.63) is 75.8 Å². The Morgan fingerprint density at radius 1 is 1.17 bits per heavy atom. The summed E-state index contributed by atoms with van der Waals surface area (Å²) >= 11 is 5.15. The molecule has 5 nitrogen and oxygen atoms in total. The van der Waals surface area contributed by atoms with Crippen LogP contribution in [0.4, 0.5) is 0 Å². The Balaban J connectivity index is 1.81. The normalized spacial score (nSPS) is 11.1. The molecule has 1 aromatic heterocycles. The second-order valence-electron chi connectivity index (χ2n) is 5.39. The van der Waals surface area contributed by atoms with E-state index in [1.807, 2.05) is 43.3 Å². The Morgan fingerprint density at radius 3 is 2.67 bits per heavy atom. The van der Waals surface area contributed by atoms with Crippen LogP contribution in [0.2, 0.25) is 0 Å². The summed E-state index contributed by atoms with van der Waals surface area (Å²) in [5, 5.41) is 11.1. The fourth-order valence-electron chi connectivity index (χ4n) is 2.27. The van der Waals surface area contributed by atoms with E-state index < -0.39 is 0 Å². The maximum absolute atomic E-state index is 5.98. The highest BCUT2D eigenvalue weighted by Crippen LogP contribution is 2.19. The molecule has 0 amide bonds. The summed E-state index contributed by atoms with van der Waals surface area (Å²) in [6, 6.07) is 16.0. The molecule has 3 aromatic rings. The van der Waals surface area contributed by atoms with E-state index in [0.29, 0.717) is 17.2 Å². The summed E-state index contributed by atoms with van der Waals surface area (Å²) in [7, 11) is 0. The maximum Gasteiger partial charge on any atom is 0.216 e. The zero-order valence-electron chi connectivity index (χ0n) is 13.6. The average Bonchev–Trinajstić information content (AvgIpc) is 2.91. The quantitative estimate of drug-likeness (QED) is 0.565. The van der Waals surface area contributed by atoms with Crippen molar-refractivity contribution < 1.29 is 4.74 Å². The number of rotatable bonds is 5. The highest BCUT2D eigenvalue weighted by molar-refractivity contribution is 7.71. The molecule has 0 saturated carbocycles. The van der Waals surface area contributed by atoms with E-state index in [9.17, 15) is 0 Å². The number of nitrogens with zero attached hydrogens (tertiary/aromatic N) is 3. The summed E-state index contributed by atoms with van der Waals surface area (Å²) in [6.07, 6.45) is 1.73. The third-order valence-electron chi connectivity index (χ3n) is 3.69. The smallest absolute Gasteiger partial charge is 0.216 e. The SMILES string of the molecule is Cc1ccccc1COc1ccccc1/C=N/n1c(C)n[nH]c1=S. The Hall–Kier alpha value is -2.73. The first-order valence-corrected chi connectivity index (χ1v) is 8.00. The number of aryl methyl sites for hydroxylation is 2. The van der Waals surface area contributed by atoms with E-state index in [-0.39, 0.29) is 0 Å².